The van der Waals surface area contributed by atoms with E-state index in [2.05, 4.69) is 59.8 Å². The van der Waals surface area contributed by atoms with Crippen LogP contribution in [0.25, 0.3) is 11.1 Å². The summed E-state index contributed by atoms with van der Waals surface area (Å²) in [4.78, 5) is 1.42. The van der Waals surface area contributed by atoms with Crippen molar-refractivity contribution < 1.29 is 26.9 Å². The minimum atomic E-state index is -4.28. The average Bonchev–Trinajstić information content (AvgIpc) is 3.22. The van der Waals surface area contributed by atoms with Gasteiger partial charge < -0.3 is 18.5 Å². The summed E-state index contributed by atoms with van der Waals surface area (Å²) in [5.74, 6) is 1.00. The molecule has 0 aliphatic heterocycles. The SMILES string of the molecule is CCCCCCCCC(O[Si](C)(C)C(C)(C)C)c1cccc(C(O)c2ccccc2-c2ccc(Sc3ccc(OCCCC)cc3)c(S(=O)(=O)Oc3ccccc3)c2)c1. The maximum absolute atomic E-state index is 14.1. The number of ether oxygens (including phenoxy) is 1. The molecule has 9 heteroatoms. The monoisotopic (exact) mass is 852 g/mol. The molecule has 59 heavy (non-hydrogen) atoms. The lowest BCUT2D eigenvalue weighted by atomic mass is 9.91. The fraction of sp³-hybridized carbons (Fsp3) is 0.400. The van der Waals surface area contributed by atoms with Gasteiger partial charge in [-0.1, -0.05) is 164 Å². The lowest BCUT2D eigenvalue weighted by Gasteiger charge is -2.39. The molecule has 0 spiro atoms. The Morgan fingerprint density at radius 3 is 2.07 bits per heavy atom. The van der Waals surface area contributed by atoms with E-state index < -0.39 is 24.5 Å². The van der Waals surface area contributed by atoms with Gasteiger partial charge in [0.2, 0.25) is 0 Å². The smallest absolute Gasteiger partial charge is 0.340 e. The highest BCUT2D eigenvalue weighted by molar-refractivity contribution is 8.00. The summed E-state index contributed by atoms with van der Waals surface area (Å²) in [5.41, 5.74) is 3.89. The quantitative estimate of drug-likeness (QED) is 0.0422. The van der Waals surface area contributed by atoms with Gasteiger partial charge in [0.25, 0.3) is 0 Å². The van der Waals surface area contributed by atoms with Gasteiger partial charge in [-0.3, -0.25) is 0 Å². The molecule has 5 aromatic carbocycles. The summed E-state index contributed by atoms with van der Waals surface area (Å²) in [6.45, 7) is 16.5. The molecule has 0 aliphatic rings. The Kier molecular flexibility index (Phi) is 16.9. The van der Waals surface area contributed by atoms with Gasteiger partial charge in [0, 0.05) is 9.79 Å². The lowest BCUT2D eigenvalue weighted by Crippen LogP contribution is -2.41. The lowest BCUT2D eigenvalue weighted by molar-refractivity contribution is 0.169. The molecule has 2 atom stereocenters. The minimum absolute atomic E-state index is 0.0405. The molecule has 5 aromatic rings. The van der Waals surface area contributed by atoms with Crippen LogP contribution >= 0.6 is 11.8 Å². The van der Waals surface area contributed by atoms with Crippen molar-refractivity contribution in [1.29, 1.82) is 0 Å². The van der Waals surface area contributed by atoms with Crippen molar-refractivity contribution in [2.45, 2.75) is 137 Å². The molecule has 316 valence electrons. The molecule has 0 bridgehead atoms. The molecule has 0 amide bonds. The molecular formula is C50H64O6S2Si. The summed E-state index contributed by atoms with van der Waals surface area (Å²) < 4.78 is 46.9. The van der Waals surface area contributed by atoms with E-state index in [-0.39, 0.29) is 21.8 Å². The van der Waals surface area contributed by atoms with Gasteiger partial charge in [0.15, 0.2) is 8.32 Å². The van der Waals surface area contributed by atoms with Crippen LogP contribution in [0.4, 0.5) is 0 Å². The van der Waals surface area contributed by atoms with Gasteiger partial charge in [-0.05, 0) is 107 Å². The van der Waals surface area contributed by atoms with Crippen molar-refractivity contribution in [3.8, 4) is 22.6 Å². The number of para-hydroxylation sites is 1. The van der Waals surface area contributed by atoms with E-state index >= 15 is 0 Å². The van der Waals surface area contributed by atoms with Crippen molar-refractivity contribution in [3.63, 3.8) is 0 Å². The molecule has 0 radical (unpaired) electrons. The van der Waals surface area contributed by atoms with Crippen molar-refractivity contribution in [2.75, 3.05) is 6.61 Å². The number of aliphatic hydroxyl groups is 1. The van der Waals surface area contributed by atoms with Gasteiger partial charge in [0.1, 0.15) is 22.5 Å². The van der Waals surface area contributed by atoms with Gasteiger partial charge >= 0.3 is 10.1 Å². The number of rotatable bonds is 22. The summed E-state index contributed by atoms with van der Waals surface area (Å²) in [6.07, 6.45) is 9.19. The van der Waals surface area contributed by atoms with Crippen LogP contribution in [-0.4, -0.2) is 28.4 Å². The van der Waals surface area contributed by atoms with Crippen LogP contribution in [0, 0.1) is 0 Å². The van der Waals surface area contributed by atoms with E-state index in [9.17, 15) is 13.5 Å². The zero-order valence-electron chi connectivity index (χ0n) is 36.1. The van der Waals surface area contributed by atoms with Crippen LogP contribution in [0.3, 0.4) is 0 Å². The molecule has 0 aliphatic carbocycles. The summed E-state index contributed by atoms with van der Waals surface area (Å²) in [7, 11) is -6.38. The number of benzene rings is 5. The van der Waals surface area contributed by atoms with Crippen LogP contribution in [-0.2, 0) is 14.5 Å². The topological polar surface area (TPSA) is 82.1 Å². The summed E-state index contributed by atoms with van der Waals surface area (Å²) in [6, 6.07) is 37.5. The molecule has 5 rings (SSSR count). The van der Waals surface area contributed by atoms with E-state index in [1.54, 1.807) is 30.3 Å². The molecule has 0 saturated heterocycles. The maximum Gasteiger partial charge on any atom is 0.340 e. The van der Waals surface area contributed by atoms with E-state index in [4.69, 9.17) is 13.3 Å². The predicted molar refractivity (Wildman–Crippen MR) is 247 cm³/mol. The zero-order valence-corrected chi connectivity index (χ0v) is 38.7. The molecule has 0 heterocycles. The van der Waals surface area contributed by atoms with Crippen molar-refractivity contribution in [1.82, 2.24) is 0 Å². The first-order valence-electron chi connectivity index (χ1n) is 21.3. The number of aliphatic hydroxyl groups excluding tert-OH is 1. The number of unbranched alkanes of at least 4 members (excludes halogenated alkanes) is 6. The van der Waals surface area contributed by atoms with E-state index in [0.717, 1.165) is 53.0 Å². The number of hydrogen-bond donors (Lipinski definition) is 1. The third-order valence-electron chi connectivity index (χ3n) is 11.2. The van der Waals surface area contributed by atoms with Gasteiger partial charge in [0.05, 0.1) is 12.7 Å². The first-order chi connectivity index (χ1) is 28.2. The van der Waals surface area contributed by atoms with Crippen LogP contribution in [0.2, 0.25) is 18.1 Å². The predicted octanol–water partition coefficient (Wildman–Crippen LogP) is 14.3. The second-order valence-electron chi connectivity index (χ2n) is 16.9. The minimum Gasteiger partial charge on any atom is -0.494 e. The normalized spacial score (nSPS) is 13.2. The zero-order chi connectivity index (χ0) is 42.5. The third kappa shape index (κ3) is 13.1. The Labute approximate surface area is 360 Å². The highest BCUT2D eigenvalue weighted by Crippen LogP contribution is 2.43. The third-order valence-corrected chi connectivity index (χ3v) is 18.2. The van der Waals surface area contributed by atoms with Gasteiger partial charge in [-0.15, -0.1) is 0 Å². The standard InChI is InChI=1S/C50H64O6S2Si/c1-8-10-12-13-14-18-28-46(56-59(6,7)50(3,4)5)39-22-21-23-40(36-39)49(51)45-27-20-19-26-44(45)38-29-34-47(57-43-32-30-41(31-33-43)54-35-11-9-2)48(37-38)58(52,53)55-42-24-16-15-17-25-42/h15-17,19-27,29-34,36-37,46,49,51H,8-14,18,28,35H2,1-7H3. The van der Waals surface area contributed by atoms with Crippen molar-refractivity contribution in [3.05, 3.63) is 138 Å². The van der Waals surface area contributed by atoms with Crippen molar-refractivity contribution in [2.24, 2.45) is 0 Å². The Balaban J connectivity index is 1.48. The number of hydrogen-bond acceptors (Lipinski definition) is 7. The fourth-order valence-corrected chi connectivity index (χ4v) is 10.3. The molecule has 0 aromatic heterocycles. The highest BCUT2D eigenvalue weighted by atomic mass is 32.2. The summed E-state index contributed by atoms with van der Waals surface area (Å²) in [5, 5.41) is 12.2. The first kappa shape index (κ1) is 46.2. The van der Waals surface area contributed by atoms with Crippen LogP contribution in [0.15, 0.2) is 136 Å². The summed E-state index contributed by atoms with van der Waals surface area (Å²) >= 11 is 1.35. The first-order valence-corrected chi connectivity index (χ1v) is 26.4. The van der Waals surface area contributed by atoms with Crippen LogP contribution in [0.1, 0.15) is 121 Å². The maximum atomic E-state index is 14.1. The molecular weight excluding hydrogens is 789 g/mol. The van der Waals surface area contributed by atoms with Crippen molar-refractivity contribution >= 4 is 30.2 Å². The van der Waals surface area contributed by atoms with E-state index in [1.807, 2.05) is 78.9 Å². The van der Waals surface area contributed by atoms with Crippen LogP contribution < -0.4 is 8.92 Å². The molecule has 0 saturated carbocycles. The molecule has 1 N–H and O–H groups in total. The Bertz CT molecular complexity index is 2160. The van der Waals surface area contributed by atoms with Gasteiger partial charge in [-0.25, -0.2) is 0 Å². The Hall–Kier alpha value is -3.86. The Morgan fingerprint density at radius 1 is 0.695 bits per heavy atom. The molecule has 2 unspecified atom stereocenters. The highest BCUT2D eigenvalue weighted by Gasteiger charge is 2.39. The fourth-order valence-electron chi connectivity index (χ4n) is 6.71. The average molecular weight is 853 g/mol. The molecule has 0 fully saturated rings. The van der Waals surface area contributed by atoms with E-state index in [0.29, 0.717) is 22.6 Å². The molecule has 6 nitrogen and oxygen atoms in total. The second-order valence-corrected chi connectivity index (χ2v) is 24.3. The van der Waals surface area contributed by atoms with Crippen LogP contribution in [0.5, 0.6) is 11.5 Å². The van der Waals surface area contributed by atoms with E-state index in [1.165, 1.54) is 43.9 Å². The van der Waals surface area contributed by atoms with Gasteiger partial charge in [-0.2, -0.15) is 8.42 Å². The Morgan fingerprint density at radius 2 is 1.36 bits per heavy atom. The second kappa shape index (κ2) is 21.6. The largest absolute Gasteiger partial charge is 0.494 e.